The molecule has 0 bridgehead atoms. The van der Waals surface area contributed by atoms with E-state index in [1.807, 2.05) is 0 Å². The van der Waals surface area contributed by atoms with Crippen LogP contribution in [0.15, 0.2) is 36.5 Å². The molecule has 266 valence electrons. The van der Waals surface area contributed by atoms with Crippen LogP contribution in [0.25, 0.3) is 0 Å². The molecule has 0 saturated carbocycles. The van der Waals surface area contributed by atoms with Crippen LogP contribution in [0.3, 0.4) is 0 Å². The largest absolute Gasteiger partial charge is 0.378 e. The molecule has 0 aliphatic carbocycles. The third-order valence-corrected chi connectivity index (χ3v) is 9.35. The van der Waals surface area contributed by atoms with Gasteiger partial charge in [0.15, 0.2) is 0 Å². The van der Waals surface area contributed by atoms with Gasteiger partial charge in [0.25, 0.3) is 0 Å². The van der Waals surface area contributed by atoms with E-state index in [0.29, 0.717) is 12.0 Å². The van der Waals surface area contributed by atoms with Gasteiger partial charge in [-0.3, -0.25) is 0 Å². The van der Waals surface area contributed by atoms with Crippen LogP contribution in [0.1, 0.15) is 201 Å². The Balaban J connectivity index is 3.95. The highest BCUT2D eigenvalue weighted by Crippen LogP contribution is 2.22. The Labute approximate surface area is 285 Å². The van der Waals surface area contributed by atoms with Crippen LogP contribution in [0.4, 0.5) is 0 Å². The molecule has 2 nitrogen and oxygen atoms in total. The minimum Gasteiger partial charge on any atom is -0.378 e. The van der Waals surface area contributed by atoms with E-state index in [9.17, 15) is 0 Å². The van der Waals surface area contributed by atoms with Crippen molar-refractivity contribution in [2.75, 3.05) is 27.2 Å². The van der Waals surface area contributed by atoms with Crippen LogP contribution in [0, 0.1) is 5.92 Å². The van der Waals surface area contributed by atoms with Crippen molar-refractivity contribution < 1.29 is 4.74 Å². The molecule has 2 unspecified atom stereocenters. The zero-order valence-electron chi connectivity index (χ0n) is 31.7. The number of allylic oxidation sites excluding steroid dienone is 6. The van der Waals surface area contributed by atoms with Gasteiger partial charge in [-0.1, -0.05) is 166 Å². The number of nitrogens with zero attached hydrogens (tertiary/aromatic N) is 1. The van der Waals surface area contributed by atoms with Crippen LogP contribution in [-0.2, 0) is 4.74 Å². The molecule has 0 aromatic heterocycles. The van der Waals surface area contributed by atoms with E-state index in [2.05, 4.69) is 76.2 Å². The molecule has 0 spiro atoms. The van der Waals surface area contributed by atoms with Crippen molar-refractivity contribution in [2.24, 2.45) is 5.92 Å². The maximum absolute atomic E-state index is 6.51. The summed E-state index contributed by atoms with van der Waals surface area (Å²) in [4.78, 5) is 2.27. The fraction of sp³-hybridized carbons (Fsp3) is 0.860. The lowest BCUT2D eigenvalue weighted by Crippen LogP contribution is -2.24. The molecule has 0 N–H and O–H groups in total. The lowest BCUT2D eigenvalue weighted by molar-refractivity contribution is 0.00410. The molecule has 0 radical (unpaired) electrons. The van der Waals surface area contributed by atoms with Crippen molar-refractivity contribution in [2.45, 2.75) is 207 Å². The van der Waals surface area contributed by atoms with Crippen LogP contribution >= 0.6 is 0 Å². The Hall–Kier alpha value is -0.860. The molecule has 0 aliphatic rings. The van der Waals surface area contributed by atoms with Gasteiger partial charge < -0.3 is 9.64 Å². The second-order valence-corrected chi connectivity index (χ2v) is 14.3. The van der Waals surface area contributed by atoms with Gasteiger partial charge in [0.05, 0.1) is 6.10 Å². The number of hydrogen-bond acceptors (Lipinski definition) is 2. The molecule has 0 rings (SSSR count). The molecule has 0 aliphatic heterocycles. The minimum absolute atomic E-state index is 0.453. The van der Waals surface area contributed by atoms with Gasteiger partial charge in [-0.2, -0.15) is 0 Å². The standard InChI is InChI=1S/C43H83NO/c1-6-8-10-12-14-16-18-20-22-24-26-28-30-32-34-36-39-43(45-41-37-40-44(4)5)42(3)38-35-33-31-29-27-25-23-21-19-17-15-13-11-9-7-2/h16,18,20-23,42-43H,6-15,17,19,24-41H2,1-5H3. The maximum Gasteiger partial charge on any atom is 0.0600 e. The molecule has 2 heteroatoms. The summed E-state index contributed by atoms with van der Waals surface area (Å²) in [5, 5.41) is 0. The van der Waals surface area contributed by atoms with E-state index in [0.717, 1.165) is 19.6 Å². The molecular weight excluding hydrogens is 546 g/mol. The Kier molecular flexibility index (Phi) is 36.9. The second kappa shape index (κ2) is 37.6. The fourth-order valence-electron chi connectivity index (χ4n) is 6.22. The van der Waals surface area contributed by atoms with Crippen molar-refractivity contribution in [1.29, 1.82) is 0 Å². The predicted octanol–water partition coefficient (Wildman–Crippen LogP) is 14.2. The molecule has 0 aromatic carbocycles. The number of rotatable bonds is 36. The zero-order chi connectivity index (χ0) is 32.9. The lowest BCUT2D eigenvalue weighted by atomic mass is 9.93. The molecule has 0 heterocycles. The number of unbranched alkanes of at least 4 members (excludes halogenated alkanes) is 21. The fourth-order valence-corrected chi connectivity index (χ4v) is 6.22. The van der Waals surface area contributed by atoms with E-state index in [1.165, 1.54) is 173 Å². The average Bonchev–Trinajstić information content (AvgIpc) is 3.03. The molecule has 0 aromatic rings. The minimum atomic E-state index is 0.453. The van der Waals surface area contributed by atoms with Gasteiger partial charge in [-0.25, -0.2) is 0 Å². The summed E-state index contributed by atoms with van der Waals surface area (Å²) in [7, 11) is 4.33. The molecule has 0 amide bonds. The van der Waals surface area contributed by atoms with E-state index in [4.69, 9.17) is 4.74 Å². The summed E-state index contributed by atoms with van der Waals surface area (Å²) in [5.41, 5.74) is 0. The molecular formula is C43H83NO. The third kappa shape index (κ3) is 35.8. The first-order valence-electron chi connectivity index (χ1n) is 20.3. The molecule has 0 fully saturated rings. The highest BCUT2D eigenvalue weighted by atomic mass is 16.5. The SMILES string of the molecule is CCCCCCC=CC=CCCCCCCCCC(OCCCN(C)C)C(C)CCCCCCCC=CCCCCCCCC. The van der Waals surface area contributed by atoms with Crippen LogP contribution in [-0.4, -0.2) is 38.3 Å². The smallest absolute Gasteiger partial charge is 0.0600 e. The Morgan fingerprint density at radius 2 is 0.867 bits per heavy atom. The first-order valence-corrected chi connectivity index (χ1v) is 20.3. The summed E-state index contributed by atoms with van der Waals surface area (Å²) < 4.78 is 6.51. The number of ether oxygens (including phenoxy) is 1. The summed E-state index contributed by atoms with van der Waals surface area (Å²) in [5.74, 6) is 0.687. The quantitative estimate of drug-likeness (QED) is 0.0388. The molecule has 0 saturated heterocycles. The van der Waals surface area contributed by atoms with Gasteiger partial charge in [0.1, 0.15) is 0 Å². The lowest BCUT2D eigenvalue weighted by Gasteiger charge is -2.25. The Morgan fingerprint density at radius 1 is 0.467 bits per heavy atom. The van der Waals surface area contributed by atoms with Gasteiger partial charge >= 0.3 is 0 Å². The summed E-state index contributed by atoms with van der Waals surface area (Å²) in [6.45, 7) is 9.08. The first kappa shape index (κ1) is 44.1. The third-order valence-electron chi connectivity index (χ3n) is 9.35. The topological polar surface area (TPSA) is 12.5 Å². The van der Waals surface area contributed by atoms with Gasteiger partial charge in [-0.15, -0.1) is 0 Å². The van der Waals surface area contributed by atoms with E-state index >= 15 is 0 Å². The second-order valence-electron chi connectivity index (χ2n) is 14.3. The normalized spacial score (nSPS) is 13.7. The summed E-state index contributed by atoms with van der Waals surface area (Å²) >= 11 is 0. The molecule has 45 heavy (non-hydrogen) atoms. The summed E-state index contributed by atoms with van der Waals surface area (Å²) in [6, 6.07) is 0. The van der Waals surface area contributed by atoms with Crippen molar-refractivity contribution in [3.05, 3.63) is 36.5 Å². The average molecular weight is 630 g/mol. The van der Waals surface area contributed by atoms with Gasteiger partial charge in [0.2, 0.25) is 0 Å². The van der Waals surface area contributed by atoms with Crippen molar-refractivity contribution in [3.8, 4) is 0 Å². The Bertz CT molecular complexity index is 636. The maximum atomic E-state index is 6.51. The monoisotopic (exact) mass is 630 g/mol. The van der Waals surface area contributed by atoms with Crippen LogP contribution < -0.4 is 0 Å². The van der Waals surface area contributed by atoms with Gasteiger partial charge in [-0.05, 0) is 97.2 Å². The Morgan fingerprint density at radius 3 is 1.36 bits per heavy atom. The van der Waals surface area contributed by atoms with E-state index in [1.54, 1.807) is 0 Å². The molecule has 2 atom stereocenters. The zero-order valence-corrected chi connectivity index (χ0v) is 31.7. The van der Waals surface area contributed by atoms with Gasteiger partial charge in [0, 0.05) is 6.61 Å². The van der Waals surface area contributed by atoms with Crippen molar-refractivity contribution in [1.82, 2.24) is 4.90 Å². The summed E-state index contributed by atoms with van der Waals surface area (Å²) in [6.07, 6.45) is 52.3. The van der Waals surface area contributed by atoms with Crippen LogP contribution in [0.2, 0.25) is 0 Å². The van der Waals surface area contributed by atoms with Crippen molar-refractivity contribution >= 4 is 0 Å². The van der Waals surface area contributed by atoms with E-state index in [-0.39, 0.29) is 0 Å². The highest BCUT2D eigenvalue weighted by molar-refractivity contribution is 5.02. The van der Waals surface area contributed by atoms with E-state index < -0.39 is 0 Å². The predicted molar refractivity (Wildman–Crippen MR) is 206 cm³/mol. The van der Waals surface area contributed by atoms with Crippen LogP contribution in [0.5, 0.6) is 0 Å². The number of hydrogen-bond donors (Lipinski definition) is 0. The first-order chi connectivity index (χ1) is 22.1. The van der Waals surface area contributed by atoms with Crippen molar-refractivity contribution in [3.63, 3.8) is 0 Å². The highest BCUT2D eigenvalue weighted by Gasteiger charge is 2.17.